The van der Waals surface area contributed by atoms with Gasteiger partial charge in [0.15, 0.2) is 0 Å². The second kappa shape index (κ2) is 7.90. The summed E-state index contributed by atoms with van der Waals surface area (Å²) < 4.78 is 5.25. The van der Waals surface area contributed by atoms with Crippen LogP contribution in [0.5, 0.6) is 5.75 Å². The van der Waals surface area contributed by atoms with E-state index in [-0.39, 0.29) is 0 Å². The SMILES string of the molecule is COc1ccc(C[NH+]2CC[NH+](Cc3ccc4ccccc4c3)CC2)cc1. The zero-order valence-corrected chi connectivity index (χ0v) is 15.5. The molecule has 1 heterocycles. The van der Waals surface area contributed by atoms with Gasteiger partial charge in [0.25, 0.3) is 0 Å². The van der Waals surface area contributed by atoms with Crippen LogP contribution in [-0.4, -0.2) is 33.3 Å². The molecule has 0 bridgehead atoms. The Balaban J connectivity index is 1.31. The van der Waals surface area contributed by atoms with Crippen molar-refractivity contribution >= 4 is 10.8 Å². The molecular weight excluding hydrogens is 320 g/mol. The van der Waals surface area contributed by atoms with Gasteiger partial charge in [0.05, 0.1) is 7.11 Å². The second-order valence-corrected chi connectivity index (χ2v) is 7.38. The van der Waals surface area contributed by atoms with Gasteiger partial charge in [-0.3, -0.25) is 0 Å². The minimum Gasteiger partial charge on any atom is -0.497 e. The van der Waals surface area contributed by atoms with Crippen LogP contribution in [-0.2, 0) is 13.1 Å². The number of methoxy groups -OCH3 is 1. The number of hydrogen-bond acceptors (Lipinski definition) is 1. The number of nitrogens with one attached hydrogen (secondary N) is 2. The first kappa shape index (κ1) is 17.1. The summed E-state index contributed by atoms with van der Waals surface area (Å²) in [4.78, 5) is 3.40. The Morgan fingerprint density at radius 1 is 0.692 bits per heavy atom. The van der Waals surface area contributed by atoms with E-state index in [1.165, 1.54) is 48.1 Å². The van der Waals surface area contributed by atoms with Crippen molar-refractivity contribution in [3.8, 4) is 5.75 Å². The summed E-state index contributed by atoms with van der Waals surface area (Å²) in [7, 11) is 1.72. The van der Waals surface area contributed by atoms with Crippen molar-refractivity contribution in [3.63, 3.8) is 0 Å². The first-order valence-electron chi connectivity index (χ1n) is 9.58. The number of piperazine rings is 1. The molecule has 0 aromatic heterocycles. The zero-order valence-electron chi connectivity index (χ0n) is 15.5. The summed E-state index contributed by atoms with van der Waals surface area (Å²) in [6, 6.07) is 24.1. The molecule has 3 nitrogen and oxygen atoms in total. The molecule has 3 aromatic carbocycles. The number of benzene rings is 3. The van der Waals surface area contributed by atoms with Gasteiger partial charge in [-0.2, -0.15) is 0 Å². The van der Waals surface area contributed by atoms with E-state index in [4.69, 9.17) is 4.74 Å². The molecule has 0 saturated carbocycles. The molecule has 0 spiro atoms. The largest absolute Gasteiger partial charge is 0.497 e. The molecule has 134 valence electrons. The molecule has 3 heteroatoms. The third-order valence-corrected chi connectivity index (χ3v) is 5.55. The minimum absolute atomic E-state index is 0.938. The highest BCUT2D eigenvalue weighted by molar-refractivity contribution is 5.82. The van der Waals surface area contributed by atoms with Crippen LogP contribution >= 0.6 is 0 Å². The van der Waals surface area contributed by atoms with Gasteiger partial charge in [0, 0.05) is 11.1 Å². The fourth-order valence-electron chi connectivity index (χ4n) is 3.98. The lowest BCUT2D eigenvalue weighted by molar-refractivity contribution is -1.02. The Morgan fingerprint density at radius 3 is 1.92 bits per heavy atom. The number of quaternary nitrogens is 2. The minimum atomic E-state index is 0.938. The molecule has 0 amide bonds. The Bertz CT molecular complexity index is 851. The van der Waals surface area contributed by atoms with Crippen molar-refractivity contribution in [2.45, 2.75) is 13.1 Å². The highest BCUT2D eigenvalue weighted by Crippen LogP contribution is 2.15. The van der Waals surface area contributed by atoms with Crippen molar-refractivity contribution in [1.29, 1.82) is 0 Å². The first-order valence-corrected chi connectivity index (χ1v) is 9.58. The molecule has 3 aromatic rings. The topological polar surface area (TPSA) is 18.1 Å². The maximum absolute atomic E-state index is 5.25. The van der Waals surface area contributed by atoms with Crippen LogP contribution in [0.1, 0.15) is 11.1 Å². The van der Waals surface area contributed by atoms with Crippen molar-refractivity contribution in [1.82, 2.24) is 0 Å². The molecule has 1 saturated heterocycles. The van der Waals surface area contributed by atoms with Gasteiger partial charge in [-0.1, -0.05) is 36.4 Å². The Morgan fingerprint density at radius 2 is 1.27 bits per heavy atom. The normalized spacial score (nSPS) is 20.2. The zero-order chi connectivity index (χ0) is 17.8. The third-order valence-electron chi connectivity index (χ3n) is 5.55. The predicted molar refractivity (Wildman–Crippen MR) is 106 cm³/mol. The van der Waals surface area contributed by atoms with E-state index in [9.17, 15) is 0 Å². The van der Waals surface area contributed by atoms with Gasteiger partial charge >= 0.3 is 0 Å². The molecular formula is C23H28N2O+2. The van der Waals surface area contributed by atoms with Crippen LogP contribution in [0, 0.1) is 0 Å². The van der Waals surface area contributed by atoms with Crippen LogP contribution in [0.15, 0.2) is 66.7 Å². The lowest BCUT2D eigenvalue weighted by Crippen LogP contribution is -3.27. The molecule has 0 radical (unpaired) electrons. The highest BCUT2D eigenvalue weighted by atomic mass is 16.5. The monoisotopic (exact) mass is 348 g/mol. The number of ether oxygens (including phenoxy) is 1. The van der Waals surface area contributed by atoms with Crippen molar-refractivity contribution in [3.05, 3.63) is 77.9 Å². The number of rotatable bonds is 5. The van der Waals surface area contributed by atoms with E-state index in [1.807, 2.05) is 0 Å². The molecule has 0 atom stereocenters. The van der Waals surface area contributed by atoms with E-state index in [2.05, 4.69) is 66.7 Å². The van der Waals surface area contributed by atoms with E-state index in [0.29, 0.717) is 0 Å². The summed E-state index contributed by atoms with van der Waals surface area (Å²) in [5.74, 6) is 0.938. The molecule has 0 unspecified atom stereocenters. The summed E-state index contributed by atoms with van der Waals surface area (Å²) in [6.45, 7) is 7.24. The standard InChI is InChI=1S/C23H26N2O/c1-26-23-10-7-19(8-11-23)17-24-12-14-25(15-13-24)18-20-6-9-21-4-2-3-5-22(21)16-20/h2-11,16H,12-15,17-18H2,1H3/p+2. The smallest absolute Gasteiger partial charge is 0.127 e. The van der Waals surface area contributed by atoms with E-state index < -0.39 is 0 Å². The van der Waals surface area contributed by atoms with Crippen LogP contribution in [0.4, 0.5) is 0 Å². The highest BCUT2D eigenvalue weighted by Gasteiger charge is 2.23. The van der Waals surface area contributed by atoms with Gasteiger partial charge in [0.2, 0.25) is 0 Å². The third kappa shape index (κ3) is 4.06. The van der Waals surface area contributed by atoms with Gasteiger partial charge in [-0.25, -0.2) is 0 Å². The Hall–Kier alpha value is -2.36. The van der Waals surface area contributed by atoms with Crippen molar-refractivity contribution < 1.29 is 14.5 Å². The maximum Gasteiger partial charge on any atom is 0.127 e. The van der Waals surface area contributed by atoms with Crippen LogP contribution in [0.25, 0.3) is 10.8 Å². The number of hydrogen-bond donors (Lipinski definition) is 2. The van der Waals surface area contributed by atoms with Crippen molar-refractivity contribution in [2.75, 3.05) is 33.3 Å². The average molecular weight is 348 g/mol. The summed E-state index contributed by atoms with van der Waals surface area (Å²) in [5.41, 5.74) is 2.86. The molecule has 1 aliphatic heterocycles. The molecule has 4 rings (SSSR count). The molecule has 0 aliphatic carbocycles. The van der Waals surface area contributed by atoms with Crippen LogP contribution < -0.4 is 14.5 Å². The Labute approximate surface area is 155 Å². The fraction of sp³-hybridized carbons (Fsp3) is 0.304. The van der Waals surface area contributed by atoms with Gasteiger partial charge in [-0.15, -0.1) is 0 Å². The predicted octanol–water partition coefficient (Wildman–Crippen LogP) is 1.33. The van der Waals surface area contributed by atoms with Gasteiger partial charge in [-0.05, 0) is 41.1 Å². The van der Waals surface area contributed by atoms with Crippen LogP contribution in [0.2, 0.25) is 0 Å². The number of fused-ring (bicyclic) bond motifs is 1. The van der Waals surface area contributed by atoms with E-state index in [1.54, 1.807) is 16.9 Å². The van der Waals surface area contributed by atoms with Gasteiger partial charge in [0.1, 0.15) is 45.0 Å². The summed E-state index contributed by atoms with van der Waals surface area (Å²) >= 11 is 0. The molecule has 2 N–H and O–H groups in total. The van der Waals surface area contributed by atoms with Crippen molar-refractivity contribution in [2.24, 2.45) is 0 Å². The summed E-state index contributed by atoms with van der Waals surface area (Å²) in [5, 5.41) is 2.69. The lowest BCUT2D eigenvalue weighted by Gasteiger charge is -2.30. The van der Waals surface area contributed by atoms with Crippen LogP contribution in [0.3, 0.4) is 0 Å². The quantitative estimate of drug-likeness (QED) is 0.712. The average Bonchev–Trinajstić information content (AvgIpc) is 2.70. The molecule has 1 aliphatic rings. The van der Waals surface area contributed by atoms with E-state index in [0.717, 1.165) is 18.8 Å². The lowest BCUT2D eigenvalue weighted by atomic mass is 10.1. The molecule has 1 fully saturated rings. The fourth-order valence-corrected chi connectivity index (χ4v) is 3.98. The first-order chi connectivity index (χ1) is 12.8. The molecule has 26 heavy (non-hydrogen) atoms. The maximum atomic E-state index is 5.25. The van der Waals surface area contributed by atoms with E-state index >= 15 is 0 Å². The van der Waals surface area contributed by atoms with Gasteiger partial charge < -0.3 is 14.5 Å². The Kier molecular flexibility index (Phi) is 5.19. The summed E-state index contributed by atoms with van der Waals surface area (Å²) in [6.07, 6.45) is 0. The second-order valence-electron chi connectivity index (χ2n) is 7.38.